The van der Waals surface area contributed by atoms with Gasteiger partial charge in [-0.2, -0.15) is 0 Å². The molecule has 1 heterocycles. The zero-order valence-electron chi connectivity index (χ0n) is 10.6. The minimum Gasteiger partial charge on any atom is -0.492 e. The zero-order chi connectivity index (χ0) is 12.1. The summed E-state index contributed by atoms with van der Waals surface area (Å²) in [5, 5.41) is 0. The van der Waals surface area contributed by atoms with Gasteiger partial charge in [0.2, 0.25) is 0 Å². The fraction of sp³-hybridized carbons (Fsp3) is 0.571. The van der Waals surface area contributed by atoms with Crippen LogP contribution in [0.3, 0.4) is 0 Å². The van der Waals surface area contributed by atoms with Crippen molar-refractivity contribution in [3.63, 3.8) is 0 Å². The van der Waals surface area contributed by atoms with Crippen LogP contribution in [0, 0.1) is 6.92 Å². The fourth-order valence-electron chi connectivity index (χ4n) is 2.30. The maximum atomic E-state index is 5.95. The normalized spacial score (nSPS) is 21.4. The Kier molecular flexibility index (Phi) is 4.40. The van der Waals surface area contributed by atoms with Crippen molar-refractivity contribution in [1.82, 2.24) is 4.90 Å². The summed E-state index contributed by atoms with van der Waals surface area (Å²) in [5.41, 5.74) is 7.15. The predicted octanol–water partition coefficient (Wildman–Crippen LogP) is 1.80. The third kappa shape index (κ3) is 3.72. The first kappa shape index (κ1) is 12.4. The van der Waals surface area contributed by atoms with E-state index in [1.807, 2.05) is 18.2 Å². The highest BCUT2D eigenvalue weighted by Gasteiger charge is 2.15. The summed E-state index contributed by atoms with van der Waals surface area (Å²) in [5.74, 6) is 0.994. The van der Waals surface area contributed by atoms with Crippen LogP contribution >= 0.6 is 0 Å². The van der Waals surface area contributed by atoms with Crippen LogP contribution in [0.2, 0.25) is 0 Å². The molecule has 3 nitrogen and oxygen atoms in total. The molecule has 3 heteroatoms. The van der Waals surface area contributed by atoms with Crippen LogP contribution in [-0.2, 0) is 0 Å². The molecule has 1 aliphatic heterocycles. The lowest BCUT2D eigenvalue weighted by molar-refractivity contribution is 0.171. The molecule has 0 aliphatic carbocycles. The van der Waals surface area contributed by atoms with Crippen molar-refractivity contribution < 1.29 is 4.74 Å². The second-order valence-electron chi connectivity index (χ2n) is 4.82. The Bertz CT molecular complexity index is 354. The Morgan fingerprint density at radius 3 is 3.00 bits per heavy atom. The topological polar surface area (TPSA) is 38.5 Å². The van der Waals surface area contributed by atoms with Crippen molar-refractivity contribution in [3.8, 4) is 5.75 Å². The third-order valence-electron chi connectivity index (χ3n) is 3.30. The molecule has 0 spiro atoms. The summed E-state index contributed by atoms with van der Waals surface area (Å²) in [6, 6.07) is 8.50. The number of rotatable bonds is 4. The van der Waals surface area contributed by atoms with Gasteiger partial charge in [0.1, 0.15) is 12.4 Å². The number of nitrogens with zero attached hydrogens (tertiary/aromatic N) is 1. The van der Waals surface area contributed by atoms with E-state index in [1.54, 1.807) is 0 Å². The van der Waals surface area contributed by atoms with Crippen LogP contribution in [0.1, 0.15) is 18.4 Å². The molecule has 0 amide bonds. The minimum absolute atomic E-state index is 0.349. The van der Waals surface area contributed by atoms with Crippen LogP contribution < -0.4 is 10.5 Å². The Hall–Kier alpha value is -1.06. The Morgan fingerprint density at radius 1 is 1.41 bits per heavy atom. The largest absolute Gasteiger partial charge is 0.492 e. The zero-order valence-corrected chi connectivity index (χ0v) is 10.6. The quantitative estimate of drug-likeness (QED) is 0.863. The van der Waals surface area contributed by atoms with Gasteiger partial charge in [-0.05, 0) is 37.9 Å². The lowest BCUT2D eigenvalue weighted by Crippen LogP contribution is -2.44. The molecular weight excluding hydrogens is 212 g/mol. The highest BCUT2D eigenvalue weighted by atomic mass is 16.5. The molecule has 0 unspecified atom stereocenters. The predicted molar refractivity (Wildman–Crippen MR) is 70.3 cm³/mol. The second-order valence-corrected chi connectivity index (χ2v) is 4.82. The number of hydrogen-bond acceptors (Lipinski definition) is 3. The van der Waals surface area contributed by atoms with E-state index in [4.69, 9.17) is 10.5 Å². The summed E-state index contributed by atoms with van der Waals surface area (Å²) in [4.78, 5) is 2.40. The highest BCUT2D eigenvalue weighted by molar-refractivity contribution is 5.31. The molecular formula is C14H22N2O. The van der Waals surface area contributed by atoms with E-state index in [-0.39, 0.29) is 0 Å². The highest BCUT2D eigenvalue weighted by Crippen LogP contribution is 2.16. The standard InChI is InChI=1S/C14H22N2O/c1-12-5-2-3-7-14(12)17-10-9-16-8-4-6-13(15)11-16/h2-3,5,7,13H,4,6,8-11,15H2,1H3/t13-/m1/s1. The van der Waals surface area contributed by atoms with Gasteiger partial charge in [-0.3, -0.25) is 4.90 Å². The van der Waals surface area contributed by atoms with E-state index in [2.05, 4.69) is 17.9 Å². The van der Waals surface area contributed by atoms with E-state index in [0.717, 1.165) is 38.4 Å². The molecule has 2 rings (SSSR count). The van der Waals surface area contributed by atoms with Gasteiger partial charge in [0.15, 0.2) is 0 Å². The summed E-state index contributed by atoms with van der Waals surface area (Å²) in [6.07, 6.45) is 2.38. The van der Waals surface area contributed by atoms with Gasteiger partial charge in [-0.25, -0.2) is 0 Å². The van der Waals surface area contributed by atoms with Gasteiger partial charge in [-0.15, -0.1) is 0 Å². The molecule has 94 valence electrons. The number of piperidine rings is 1. The van der Waals surface area contributed by atoms with Crippen LogP contribution in [-0.4, -0.2) is 37.2 Å². The number of nitrogens with two attached hydrogens (primary N) is 1. The first-order valence-corrected chi connectivity index (χ1v) is 6.42. The Labute approximate surface area is 104 Å². The molecule has 1 atom stereocenters. The molecule has 2 N–H and O–H groups in total. The van der Waals surface area contributed by atoms with E-state index in [1.165, 1.54) is 12.0 Å². The summed E-state index contributed by atoms with van der Waals surface area (Å²) in [6.45, 7) is 5.97. The number of para-hydroxylation sites is 1. The van der Waals surface area contributed by atoms with Gasteiger partial charge in [0.05, 0.1) is 0 Å². The van der Waals surface area contributed by atoms with Gasteiger partial charge < -0.3 is 10.5 Å². The first-order chi connectivity index (χ1) is 8.25. The van der Waals surface area contributed by atoms with Crippen molar-refractivity contribution in [1.29, 1.82) is 0 Å². The second kappa shape index (κ2) is 6.03. The van der Waals surface area contributed by atoms with Crippen molar-refractivity contribution in [3.05, 3.63) is 29.8 Å². The molecule has 0 aromatic heterocycles. The van der Waals surface area contributed by atoms with Crippen molar-refractivity contribution in [2.24, 2.45) is 5.73 Å². The first-order valence-electron chi connectivity index (χ1n) is 6.42. The molecule has 1 saturated heterocycles. The summed E-state index contributed by atoms with van der Waals surface area (Å²) in [7, 11) is 0. The molecule has 1 aliphatic rings. The van der Waals surface area contributed by atoms with Crippen molar-refractivity contribution >= 4 is 0 Å². The molecule has 0 saturated carbocycles. The van der Waals surface area contributed by atoms with Gasteiger partial charge in [0, 0.05) is 19.1 Å². The van der Waals surface area contributed by atoms with Crippen LogP contribution in [0.15, 0.2) is 24.3 Å². The Balaban J connectivity index is 1.74. The van der Waals surface area contributed by atoms with E-state index >= 15 is 0 Å². The van der Waals surface area contributed by atoms with Gasteiger partial charge in [-0.1, -0.05) is 18.2 Å². The molecule has 1 fully saturated rings. The molecule has 0 bridgehead atoms. The number of aryl methyl sites for hydroxylation is 1. The van der Waals surface area contributed by atoms with Crippen LogP contribution in [0.5, 0.6) is 5.75 Å². The third-order valence-corrected chi connectivity index (χ3v) is 3.30. The molecule has 0 radical (unpaired) electrons. The van der Waals surface area contributed by atoms with Gasteiger partial charge >= 0.3 is 0 Å². The summed E-state index contributed by atoms with van der Waals surface area (Å²) < 4.78 is 5.79. The summed E-state index contributed by atoms with van der Waals surface area (Å²) >= 11 is 0. The number of hydrogen-bond donors (Lipinski definition) is 1. The lowest BCUT2D eigenvalue weighted by atomic mass is 10.1. The molecule has 17 heavy (non-hydrogen) atoms. The van der Waals surface area contributed by atoms with E-state index < -0.39 is 0 Å². The maximum Gasteiger partial charge on any atom is 0.122 e. The number of benzene rings is 1. The van der Waals surface area contributed by atoms with Gasteiger partial charge in [0.25, 0.3) is 0 Å². The molecule has 1 aromatic carbocycles. The van der Waals surface area contributed by atoms with E-state index in [0.29, 0.717) is 6.04 Å². The maximum absolute atomic E-state index is 5.95. The minimum atomic E-state index is 0.349. The van der Waals surface area contributed by atoms with Crippen molar-refractivity contribution in [2.45, 2.75) is 25.8 Å². The fourth-order valence-corrected chi connectivity index (χ4v) is 2.30. The average Bonchev–Trinajstić information content (AvgIpc) is 2.32. The van der Waals surface area contributed by atoms with E-state index in [9.17, 15) is 0 Å². The monoisotopic (exact) mass is 234 g/mol. The van der Waals surface area contributed by atoms with Crippen LogP contribution in [0.4, 0.5) is 0 Å². The average molecular weight is 234 g/mol. The van der Waals surface area contributed by atoms with Crippen molar-refractivity contribution in [2.75, 3.05) is 26.2 Å². The number of ether oxygens (including phenoxy) is 1. The lowest BCUT2D eigenvalue weighted by Gasteiger charge is -2.30. The molecule has 1 aromatic rings. The smallest absolute Gasteiger partial charge is 0.122 e. The van der Waals surface area contributed by atoms with Crippen LogP contribution in [0.25, 0.3) is 0 Å². The SMILES string of the molecule is Cc1ccccc1OCCN1CCC[C@@H](N)C1. The Morgan fingerprint density at radius 2 is 2.24 bits per heavy atom. The number of likely N-dealkylation sites (tertiary alicyclic amines) is 1.